The van der Waals surface area contributed by atoms with Crippen molar-refractivity contribution in [3.05, 3.63) is 5.82 Å². The summed E-state index contributed by atoms with van der Waals surface area (Å²) in [6.45, 7) is 0.615. The Labute approximate surface area is 106 Å². The van der Waals surface area contributed by atoms with E-state index in [0.717, 1.165) is 18.7 Å². The second-order valence-corrected chi connectivity index (χ2v) is 7.47. The molecule has 1 aromatic heterocycles. The highest BCUT2D eigenvalue weighted by Gasteiger charge is 2.32. The van der Waals surface area contributed by atoms with Crippen LogP contribution in [0.5, 0.6) is 0 Å². The zero-order chi connectivity index (χ0) is 12.8. The molecule has 2 aliphatic rings. The van der Waals surface area contributed by atoms with Gasteiger partial charge in [0.1, 0.15) is 0 Å². The van der Waals surface area contributed by atoms with Crippen LogP contribution < -0.4 is 0 Å². The molecule has 0 aromatic carbocycles. The van der Waals surface area contributed by atoms with Gasteiger partial charge in [-0.25, -0.2) is 13.1 Å². The third-order valence-electron chi connectivity index (χ3n) is 3.68. The minimum absolute atomic E-state index is 0.0966. The number of hydrogen-bond donors (Lipinski definition) is 0. The second kappa shape index (κ2) is 4.27. The second-order valence-electron chi connectivity index (χ2n) is 5.24. The SMILES string of the molecule is CN(Cc1nnnn1C1CC1)[C@H]1CCS(=O)(=O)C1. The lowest BCUT2D eigenvalue weighted by Gasteiger charge is -2.22. The van der Waals surface area contributed by atoms with E-state index in [4.69, 9.17) is 0 Å². The van der Waals surface area contributed by atoms with Gasteiger partial charge in [0.15, 0.2) is 15.7 Å². The van der Waals surface area contributed by atoms with E-state index < -0.39 is 9.84 Å². The van der Waals surface area contributed by atoms with E-state index in [1.165, 1.54) is 0 Å². The Balaban J connectivity index is 1.67. The zero-order valence-electron chi connectivity index (χ0n) is 10.4. The van der Waals surface area contributed by atoms with E-state index >= 15 is 0 Å². The molecule has 1 aliphatic carbocycles. The number of rotatable bonds is 4. The van der Waals surface area contributed by atoms with Crippen LogP contribution in [0.15, 0.2) is 0 Å². The molecule has 1 atom stereocenters. The van der Waals surface area contributed by atoms with Crippen molar-refractivity contribution < 1.29 is 8.42 Å². The Morgan fingerprint density at radius 3 is 2.78 bits per heavy atom. The van der Waals surface area contributed by atoms with Crippen LogP contribution in [0.2, 0.25) is 0 Å². The summed E-state index contributed by atoms with van der Waals surface area (Å²) in [4.78, 5) is 2.05. The number of hydrogen-bond acceptors (Lipinski definition) is 6. The van der Waals surface area contributed by atoms with Gasteiger partial charge in [0, 0.05) is 6.04 Å². The monoisotopic (exact) mass is 271 g/mol. The summed E-state index contributed by atoms with van der Waals surface area (Å²) in [6.07, 6.45) is 2.99. The van der Waals surface area contributed by atoms with Crippen LogP contribution in [0.4, 0.5) is 0 Å². The van der Waals surface area contributed by atoms with Crippen molar-refractivity contribution >= 4 is 9.84 Å². The maximum atomic E-state index is 11.5. The molecule has 0 amide bonds. The summed E-state index contributed by atoms with van der Waals surface area (Å²) in [7, 11) is -0.892. The van der Waals surface area contributed by atoms with Crippen molar-refractivity contribution in [1.82, 2.24) is 25.1 Å². The molecule has 2 heterocycles. The highest BCUT2D eigenvalue weighted by Crippen LogP contribution is 2.34. The quantitative estimate of drug-likeness (QED) is 0.743. The lowest BCUT2D eigenvalue weighted by molar-refractivity contribution is 0.243. The number of nitrogens with zero attached hydrogens (tertiary/aromatic N) is 5. The van der Waals surface area contributed by atoms with Crippen LogP contribution in [0.25, 0.3) is 0 Å². The average Bonchev–Trinajstić information content (AvgIpc) is 2.94. The lowest BCUT2D eigenvalue weighted by atomic mass is 10.2. The fraction of sp³-hybridized carbons (Fsp3) is 0.900. The van der Waals surface area contributed by atoms with Gasteiger partial charge in [-0.1, -0.05) is 0 Å². The molecule has 2 fully saturated rings. The van der Waals surface area contributed by atoms with Gasteiger partial charge in [-0.15, -0.1) is 5.10 Å². The Morgan fingerprint density at radius 1 is 1.39 bits per heavy atom. The molecule has 0 spiro atoms. The first-order valence-electron chi connectivity index (χ1n) is 6.22. The van der Waals surface area contributed by atoms with Crippen molar-refractivity contribution in [2.24, 2.45) is 0 Å². The van der Waals surface area contributed by atoms with E-state index in [1.54, 1.807) is 0 Å². The van der Waals surface area contributed by atoms with Gasteiger partial charge in [-0.05, 0) is 36.7 Å². The highest BCUT2D eigenvalue weighted by atomic mass is 32.2. The lowest BCUT2D eigenvalue weighted by Crippen LogP contribution is -2.33. The molecule has 0 N–H and O–H groups in total. The van der Waals surface area contributed by atoms with Crippen LogP contribution >= 0.6 is 0 Å². The predicted molar refractivity (Wildman–Crippen MR) is 64.6 cm³/mol. The smallest absolute Gasteiger partial charge is 0.165 e. The largest absolute Gasteiger partial charge is 0.295 e. The minimum atomic E-state index is -2.83. The molecular weight excluding hydrogens is 254 g/mol. The van der Waals surface area contributed by atoms with Crippen molar-refractivity contribution in [2.45, 2.75) is 37.9 Å². The maximum Gasteiger partial charge on any atom is 0.165 e. The van der Waals surface area contributed by atoms with Gasteiger partial charge < -0.3 is 0 Å². The molecule has 8 heteroatoms. The Kier molecular flexibility index (Phi) is 2.86. The third-order valence-corrected chi connectivity index (χ3v) is 5.43. The van der Waals surface area contributed by atoms with E-state index in [0.29, 0.717) is 24.8 Å². The van der Waals surface area contributed by atoms with Gasteiger partial charge in [0.25, 0.3) is 0 Å². The molecular formula is C10H17N5O2S. The predicted octanol–water partition coefficient (Wildman–Crippen LogP) is -0.373. The summed E-state index contributed by atoms with van der Waals surface area (Å²) >= 11 is 0. The Morgan fingerprint density at radius 2 is 2.17 bits per heavy atom. The first-order chi connectivity index (χ1) is 8.55. The van der Waals surface area contributed by atoms with E-state index in [-0.39, 0.29) is 11.8 Å². The van der Waals surface area contributed by atoms with E-state index in [2.05, 4.69) is 20.4 Å². The molecule has 0 bridgehead atoms. The number of tetrazole rings is 1. The Bertz CT molecular complexity index is 536. The maximum absolute atomic E-state index is 11.5. The molecule has 0 unspecified atom stereocenters. The first kappa shape index (κ1) is 12.0. The molecule has 3 rings (SSSR count). The number of aromatic nitrogens is 4. The van der Waals surface area contributed by atoms with Crippen LogP contribution in [0, 0.1) is 0 Å². The summed E-state index contributed by atoms with van der Waals surface area (Å²) in [5.41, 5.74) is 0. The third kappa shape index (κ3) is 2.39. The molecule has 18 heavy (non-hydrogen) atoms. The van der Waals surface area contributed by atoms with Gasteiger partial charge in [0.05, 0.1) is 24.1 Å². The van der Waals surface area contributed by atoms with Gasteiger partial charge in [-0.2, -0.15) is 0 Å². The molecule has 0 radical (unpaired) electrons. The number of sulfone groups is 1. The zero-order valence-corrected chi connectivity index (χ0v) is 11.2. The summed E-state index contributed by atoms with van der Waals surface area (Å²) in [6, 6.07) is 0.551. The average molecular weight is 271 g/mol. The minimum Gasteiger partial charge on any atom is -0.295 e. The fourth-order valence-corrected chi connectivity index (χ4v) is 4.20. The fourth-order valence-electron chi connectivity index (χ4n) is 2.39. The van der Waals surface area contributed by atoms with Crippen molar-refractivity contribution in [1.29, 1.82) is 0 Å². The van der Waals surface area contributed by atoms with Gasteiger partial charge >= 0.3 is 0 Å². The van der Waals surface area contributed by atoms with Gasteiger partial charge in [0.2, 0.25) is 0 Å². The van der Waals surface area contributed by atoms with E-state index in [9.17, 15) is 8.42 Å². The van der Waals surface area contributed by atoms with Crippen molar-refractivity contribution in [3.63, 3.8) is 0 Å². The normalized spacial score (nSPS) is 26.9. The molecule has 100 valence electrons. The van der Waals surface area contributed by atoms with Crippen molar-refractivity contribution in [3.8, 4) is 0 Å². The summed E-state index contributed by atoms with van der Waals surface area (Å²) < 4.78 is 24.8. The summed E-state index contributed by atoms with van der Waals surface area (Å²) in [5, 5.41) is 11.7. The van der Waals surface area contributed by atoms with Crippen LogP contribution in [0.1, 0.15) is 31.1 Å². The topological polar surface area (TPSA) is 81.0 Å². The molecule has 1 aromatic rings. The molecule has 1 saturated carbocycles. The van der Waals surface area contributed by atoms with Crippen molar-refractivity contribution in [2.75, 3.05) is 18.6 Å². The van der Waals surface area contributed by atoms with Gasteiger partial charge in [-0.3, -0.25) is 4.90 Å². The molecule has 7 nitrogen and oxygen atoms in total. The molecule has 1 saturated heterocycles. The standard InChI is InChI=1S/C10H17N5O2S/c1-14(9-4-5-18(16,17)7-9)6-10-11-12-13-15(10)8-2-3-8/h8-9H,2-7H2,1H3/t9-/m0/s1. The van der Waals surface area contributed by atoms with Crippen LogP contribution in [-0.2, 0) is 16.4 Å². The molecule has 1 aliphatic heterocycles. The highest BCUT2D eigenvalue weighted by molar-refractivity contribution is 7.91. The first-order valence-corrected chi connectivity index (χ1v) is 8.05. The summed E-state index contributed by atoms with van der Waals surface area (Å²) in [5.74, 6) is 1.40. The Hall–Kier alpha value is -1.02. The van der Waals surface area contributed by atoms with E-state index in [1.807, 2.05) is 11.7 Å². The van der Waals surface area contributed by atoms with Crippen LogP contribution in [-0.4, -0.2) is 58.1 Å². The van der Waals surface area contributed by atoms with Crippen LogP contribution in [0.3, 0.4) is 0 Å².